The van der Waals surface area contributed by atoms with Crippen LogP contribution in [-0.4, -0.2) is 11.2 Å². The Hall–Kier alpha value is -1.80. The van der Waals surface area contributed by atoms with Crippen LogP contribution in [0.15, 0.2) is 48.5 Å². The van der Waals surface area contributed by atoms with Gasteiger partial charge in [0.2, 0.25) is 0 Å². The van der Waals surface area contributed by atoms with E-state index in [1.54, 1.807) is 0 Å². The molecule has 25 heavy (non-hydrogen) atoms. The summed E-state index contributed by atoms with van der Waals surface area (Å²) >= 11 is 0. The molecule has 2 aromatic carbocycles. The zero-order chi connectivity index (χ0) is 17.9. The Kier molecular flexibility index (Phi) is 5.48. The van der Waals surface area contributed by atoms with Crippen LogP contribution in [-0.2, 0) is 12.0 Å². The minimum Gasteiger partial charge on any atom is -0.489 e. The summed E-state index contributed by atoms with van der Waals surface area (Å²) in [6, 6.07) is 17.0. The molecule has 0 saturated heterocycles. The Morgan fingerprint density at radius 3 is 2.48 bits per heavy atom. The first kappa shape index (κ1) is 18.0. The molecule has 0 radical (unpaired) electrons. The highest BCUT2D eigenvalue weighted by molar-refractivity contribution is 5.42. The summed E-state index contributed by atoms with van der Waals surface area (Å²) in [6.07, 6.45) is 3.81. The molecule has 1 aliphatic carbocycles. The van der Waals surface area contributed by atoms with E-state index >= 15 is 0 Å². The molecule has 0 bridgehead atoms. The summed E-state index contributed by atoms with van der Waals surface area (Å²) in [5.74, 6) is 1.37. The number of ether oxygens (including phenoxy) is 1. The molecule has 0 spiro atoms. The lowest BCUT2D eigenvalue weighted by molar-refractivity contribution is 0.118. The average molecular weight is 338 g/mol. The van der Waals surface area contributed by atoms with Crippen LogP contribution in [0.25, 0.3) is 0 Å². The smallest absolute Gasteiger partial charge is 0.123 e. The van der Waals surface area contributed by atoms with Gasteiger partial charge in [0, 0.05) is 0 Å². The maximum absolute atomic E-state index is 10.1. The SMILES string of the molecule is CC(C)(C)c1ccc([C@H]2CCC[C@H](O)C2)c(OCc2ccccc2)c1. The molecule has 0 aromatic heterocycles. The molecule has 0 heterocycles. The van der Waals surface area contributed by atoms with Gasteiger partial charge >= 0.3 is 0 Å². The molecule has 1 saturated carbocycles. The van der Waals surface area contributed by atoms with Crippen LogP contribution in [0, 0.1) is 0 Å². The fourth-order valence-electron chi connectivity index (χ4n) is 3.64. The minimum atomic E-state index is -0.178. The van der Waals surface area contributed by atoms with E-state index in [4.69, 9.17) is 4.74 Å². The van der Waals surface area contributed by atoms with Crippen molar-refractivity contribution in [3.63, 3.8) is 0 Å². The van der Waals surface area contributed by atoms with Crippen molar-refractivity contribution in [1.29, 1.82) is 0 Å². The molecule has 2 nitrogen and oxygen atoms in total. The first-order chi connectivity index (χ1) is 11.9. The lowest BCUT2D eigenvalue weighted by Gasteiger charge is -2.29. The van der Waals surface area contributed by atoms with Crippen molar-refractivity contribution in [1.82, 2.24) is 0 Å². The summed E-state index contributed by atoms with van der Waals surface area (Å²) in [5.41, 5.74) is 3.81. The molecule has 1 aliphatic rings. The fourth-order valence-corrected chi connectivity index (χ4v) is 3.64. The third-order valence-electron chi connectivity index (χ3n) is 5.20. The molecular formula is C23H30O2. The van der Waals surface area contributed by atoms with Crippen LogP contribution in [0.5, 0.6) is 5.75 Å². The second-order valence-electron chi connectivity index (χ2n) is 8.29. The van der Waals surface area contributed by atoms with Crippen LogP contribution in [0.3, 0.4) is 0 Å². The number of aliphatic hydroxyl groups is 1. The molecule has 0 unspecified atom stereocenters. The minimum absolute atomic E-state index is 0.0927. The molecule has 3 rings (SSSR count). The van der Waals surface area contributed by atoms with Gasteiger partial charge in [-0.3, -0.25) is 0 Å². The van der Waals surface area contributed by atoms with Gasteiger partial charge in [0.25, 0.3) is 0 Å². The summed E-state index contributed by atoms with van der Waals surface area (Å²) in [5, 5.41) is 10.1. The van der Waals surface area contributed by atoms with Crippen molar-refractivity contribution >= 4 is 0 Å². The third-order valence-corrected chi connectivity index (χ3v) is 5.20. The molecule has 0 amide bonds. The third kappa shape index (κ3) is 4.64. The van der Waals surface area contributed by atoms with E-state index in [0.717, 1.165) is 31.4 Å². The molecule has 1 N–H and O–H groups in total. The van der Waals surface area contributed by atoms with Crippen molar-refractivity contribution in [2.24, 2.45) is 0 Å². The average Bonchev–Trinajstić information content (AvgIpc) is 2.60. The highest BCUT2D eigenvalue weighted by Gasteiger charge is 2.25. The summed E-state index contributed by atoms with van der Waals surface area (Å²) in [4.78, 5) is 0. The first-order valence-electron chi connectivity index (χ1n) is 9.42. The Labute approximate surface area is 151 Å². The maximum Gasteiger partial charge on any atom is 0.123 e. The number of hydrogen-bond acceptors (Lipinski definition) is 2. The monoisotopic (exact) mass is 338 g/mol. The van der Waals surface area contributed by atoms with Gasteiger partial charge in [-0.25, -0.2) is 0 Å². The molecule has 2 atom stereocenters. The predicted molar refractivity (Wildman–Crippen MR) is 103 cm³/mol. The van der Waals surface area contributed by atoms with Crippen molar-refractivity contribution in [3.05, 3.63) is 65.2 Å². The van der Waals surface area contributed by atoms with Crippen LogP contribution >= 0.6 is 0 Å². The summed E-state index contributed by atoms with van der Waals surface area (Å²) in [6.45, 7) is 7.27. The molecule has 2 aromatic rings. The maximum atomic E-state index is 10.1. The van der Waals surface area contributed by atoms with Crippen LogP contribution < -0.4 is 4.74 Å². The van der Waals surface area contributed by atoms with Gasteiger partial charge in [-0.2, -0.15) is 0 Å². The van der Waals surface area contributed by atoms with Crippen LogP contribution in [0.4, 0.5) is 0 Å². The number of rotatable bonds is 4. The van der Waals surface area contributed by atoms with Crippen molar-refractivity contribution < 1.29 is 9.84 Å². The van der Waals surface area contributed by atoms with Gasteiger partial charge < -0.3 is 9.84 Å². The highest BCUT2D eigenvalue weighted by Crippen LogP contribution is 2.39. The molecular weight excluding hydrogens is 308 g/mol. The van der Waals surface area contributed by atoms with Gasteiger partial charge in [0.05, 0.1) is 6.10 Å². The normalized spacial score (nSPS) is 21.1. The van der Waals surface area contributed by atoms with E-state index in [9.17, 15) is 5.11 Å². The molecule has 0 aliphatic heterocycles. The molecule has 134 valence electrons. The second kappa shape index (κ2) is 7.61. The van der Waals surface area contributed by atoms with Gasteiger partial charge in [-0.05, 0) is 53.4 Å². The van der Waals surface area contributed by atoms with E-state index in [2.05, 4.69) is 51.1 Å². The van der Waals surface area contributed by atoms with Crippen molar-refractivity contribution in [2.75, 3.05) is 0 Å². The topological polar surface area (TPSA) is 29.5 Å². The second-order valence-corrected chi connectivity index (χ2v) is 8.29. The van der Waals surface area contributed by atoms with Crippen LogP contribution in [0.2, 0.25) is 0 Å². The Bertz CT molecular complexity index is 685. The quantitative estimate of drug-likeness (QED) is 0.788. The Morgan fingerprint density at radius 1 is 1.04 bits per heavy atom. The zero-order valence-corrected chi connectivity index (χ0v) is 15.7. The zero-order valence-electron chi connectivity index (χ0n) is 15.7. The Balaban J connectivity index is 1.87. The lowest BCUT2D eigenvalue weighted by atomic mass is 9.80. The molecule has 1 fully saturated rings. The van der Waals surface area contributed by atoms with Crippen LogP contribution in [0.1, 0.15) is 69.1 Å². The standard InChI is InChI=1S/C23H30O2/c1-23(2,3)19-12-13-21(18-10-7-11-20(24)14-18)22(15-19)25-16-17-8-5-4-6-9-17/h4-6,8-9,12-13,15,18,20,24H,7,10-11,14,16H2,1-3H3/t18-,20-/m0/s1. The van der Waals surface area contributed by atoms with Crippen molar-refractivity contribution in [2.45, 2.75) is 70.5 Å². The first-order valence-corrected chi connectivity index (χ1v) is 9.42. The van der Waals surface area contributed by atoms with Gasteiger partial charge in [-0.1, -0.05) is 69.7 Å². The molecule has 2 heteroatoms. The number of hydrogen-bond donors (Lipinski definition) is 1. The van der Waals surface area contributed by atoms with Crippen molar-refractivity contribution in [3.8, 4) is 5.75 Å². The number of benzene rings is 2. The van der Waals surface area contributed by atoms with Gasteiger partial charge in [0.15, 0.2) is 0 Å². The lowest BCUT2D eigenvalue weighted by Crippen LogP contribution is -2.19. The highest BCUT2D eigenvalue weighted by atomic mass is 16.5. The van der Waals surface area contributed by atoms with E-state index < -0.39 is 0 Å². The van der Waals surface area contributed by atoms with E-state index in [1.807, 2.05) is 18.2 Å². The predicted octanol–water partition coefficient (Wildman–Crippen LogP) is 5.58. The Morgan fingerprint density at radius 2 is 1.80 bits per heavy atom. The van der Waals surface area contributed by atoms with E-state index in [0.29, 0.717) is 12.5 Å². The fraction of sp³-hybridized carbons (Fsp3) is 0.478. The van der Waals surface area contributed by atoms with Gasteiger partial charge in [-0.15, -0.1) is 0 Å². The summed E-state index contributed by atoms with van der Waals surface area (Å²) in [7, 11) is 0. The number of aliphatic hydroxyl groups excluding tert-OH is 1. The largest absolute Gasteiger partial charge is 0.489 e. The van der Waals surface area contributed by atoms with E-state index in [1.165, 1.54) is 16.7 Å². The summed E-state index contributed by atoms with van der Waals surface area (Å²) < 4.78 is 6.27. The van der Waals surface area contributed by atoms with E-state index in [-0.39, 0.29) is 11.5 Å². The van der Waals surface area contributed by atoms with Gasteiger partial charge in [0.1, 0.15) is 12.4 Å².